The maximum Gasteiger partial charge on any atom is 0.143 e. The monoisotopic (exact) mass is 353 g/mol. The zero-order chi connectivity index (χ0) is 18.4. The highest BCUT2D eigenvalue weighted by Gasteiger charge is 2.10. The van der Waals surface area contributed by atoms with Crippen molar-refractivity contribution in [1.82, 2.24) is 15.0 Å². The van der Waals surface area contributed by atoms with Gasteiger partial charge in [0.2, 0.25) is 0 Å². The molecule has 2 aromatic carbocycles. The molecule has 5 heteroatoms. The van der Waals surface area contributed by atoms with Crippen molar-refractivity contribution in [2.24, 2.45) is 0 Å². The van der Waals surface area contributed by atoms with Crippen LogP contribution in [0.2, 0.25) is 0 Å². The number of hydrogen-bond donors (Lipinski definition) is 1. The summed E-state index contributed by atoms with van der Waals surface area (Å²) in [6, 6.07) is 11.4. The van der Waals surface area contributed by atoms with Gasteiger partial charge >= 0.3 is 0 Å². The summed E-state index contributed by atoms with van der Waals surface area (Å²) in [7, 11) is 0. The summed E-state index contributed by atoms with van der Waals surface area (Å²) in [6.07, 6.45) is 6.82. The van der Waals surface area contributed by atoms with E-state index in [-0.39, 0.29) is 5.75 Å². The van der Waals surface area contributed by atoms with Crippen molar-refractivity contribution in [2.45, 2.75) is 52.4 Å². The van der Waals surface area contributed by atoms with Gasteiger partial charge in [-0.05, 0) is 49.1 Å². The average molecular weight is 353 g/mol. The molecular weight excluding hydrogens is 326 g/mol. The molecule has 3 rings (SSSR count). The number of unbranched alkanes of at least 4 members (excludes halogenated alkanes) is 3. The Kier molecular flexibility index (Phi) is 6.10. The lowest BCUT2D eigenvalue weighted by Crippen LogP contribution is -1.99. The fourth-order valence-electron chi connectivity index (χ4n) is 2.96. The van der Waals surface area contributed by atoms with Gasteiger partial charge in [-0.3, -0.25) is 0 Å². The van der Waals surface area contributed by atoms with Gasteiger partial charge in [-0.2, -0.15) is 0 Å². The molecule has 0 fully saturated rings. The van der Waals surface area contributed by atoms with Crippen LogP contribution in [0, 0.1) is 0 Å². The first kappa shape index (κ1) is 18.2. The number of aryl methyl sites for hydroxylation is 1. The van der Waals surface area contributed by atoms with Crippen LogP contribution in [0.1, 0.15) is 51.5 Å². The van der Waals surface area contributed by atoms with E-state index in [1.165, 1.54) is 24.1 Å². The van der Waals surface area contributed by atoms with Gasteiger partial charge in [0.05, 0.1) is 6.61 Å². The molecule has 138 valence electrons. The third-order valence-corrected chi connectivity index (χ3v) is 4.40. The molecule has 1 N–H and O–H groups in total. The van der Waals surface area contributed by atoms with E-state index in [1.54, 1.807) is 0 Å². The fraction of sp³-hybridized carbons (Fsp3) is 0.429. The third kappa shape index (κ3) is 4.34. The van der Waals surface area contributed by atoms with Gasteiger partial charge in [0.15, 0.2) is 0 Å². The average Bonchev–Trinajstić information content (AvgIpc) is 3.06. The molecule has 0 aliphatic heterocycles. The minimum atomic E-state index is 0.209. The van der Waals surface area contributed by atoms with Crippen molar-refractivity contribution in [3.8, 4) is 17.2 Å². The van der Waals surface area contributed by atoms with E-state index in [0.29, 0.717) is 12.3 Å². The van der Waals surface area contributed by atoms with Crippen molar-refractivity contribution < 1.29 is 9.84 Å². The zero-order valence-corrected chi connectivity index (χ0v) is 15.6. The Balaban J connectivity index is 1.77. The van der Waals surface area contributed by atoms with Gasteiger partial charge in [0.1, 0.15) is 28.2 Å². The molecule has 5 nitrogen and oxygen atoms in total. The van der Waals surface area contributed by atoms with E-state index >= 15 is 0 Å². The van der Waals surface area contributed by atoms with Gasteiger partial charge < -0.3 is 9.84 Å². The van der Waals surface area contributed by atoms with Crippen LogP contribution in [0.15, 0.2) is 36.4 Å². The first-order valence-electron chi connectivity index (χ1n) is 9.53. The molecule has 3 aromatic rings. The Morgan fingerprint density at radius 2 is 1.77 bits per heavy atom. The molecule has 0 unspecified atom stereocenters. The molecule has 0 bridgehead atoms. The van der Waals surface area contributed by atoms with Crippen LogP contribution in [0.25, 0.3) is 16.7 Å². The molecule has 0 saturated heterocycles. The molecule has 1 heterocycles. The minimum absolute atomic E-state index is 0.209. The van der Waals surface area contributed by atoms with E-state index < -0.39 is 0 Å². The van der Waals surface area contributed by atoms with Gasteiger partial charge in [-0.15, -0.1) is 15.0 Å². The number of ether oxygens (including phenoxy) is 1. The number of phenolic OH excluding ortho intramolecular Hbond substituents is 1. The van der Waals surface area contributed by atoms with E-state index in [1.807, 2.05) is 36.4 Å². The van der Waals surface area contributed by atoms with Gasteiger partial charge in [0, 0.05) is 6.07 Å². The number of rotatable bonds is 9. The fourth-order valence-corrected chi connectivity index (χ4v) is 2.96. The van der Waals surface area contributed by atoms with E-state index in [4.69, 9.17) is 4.74 Å². The van der Waals surface area contributed by atoms with Crippen molar-refractivity contribution in [3.63, 3.8) is 0 Å². The Bertz CT molecular complexity index is 858. The number of fused-ring (bicyclic) bond motifs is 1. The molecule has 0 atom stereocenters. The normalized spacial score (nSPS) is 11.2. The topological polar surface area (TPSA) is 60.2 Å². The second kappa shape index (κ2) is 8.70. The SMILES string of the molecule is CCCCCCc1ccc(-n2nc3ccc(OCCC)cc3n2)c(O)c1. The lowest BCUT2D eigenvalue weighted by atomic mass is 10.1. The predicted molar refractivity (Wildman–Crippen MR) is 104 cm³/mol. The summed E-state index contributed by atoms with van der Waals surface area (Å²) < 4.78 is 5.65. The molecule has 0 aliphatic carbocycles. The summed E-state index contributed by atoms with van der Waals surface area (Å²) in [6.45, 7) is 4.96. The Morgan fingerprint density at radius 1 is 0.923 bits per heavy atom. The quantitative estimate of drug-likeness (QED) is 0.548. The van der Waals surface area contributed by atoms with Crippen LogP contribution in [-0.4, -0.2) is 26.7 Å². The Hall–Kier alpha value is -2.56. The van der Waals surface area contributed by atoms with E-state index in [2.05, 4.69) is 24.0 Å². The molecule has 0 radical (unpaired) electrons. The number of nitrogens with zero attached hydrogens (tertiary/aromatic N) is 3. The smallest absolute Gasteiger partial charge is 0.143 e. The van der Waals surface area contributed by atoms with Crippen molar-refractivity contribution in [3.05, 3.63) is 42.0 Å². The summed E-state index contributed by atoms with van der Waals surface area (Å²) >= 11 is 0. The highest BCUT2D eigenvalue weighted by Crippen LogP contribution is 2.25. The van der Waals surface area contributed by atoms with Crippen LogP contribution < -0.4 is 4.74 Å². The summed E-state index contributed by atoms with van der Waals surface area (Å²) in [5, 5.41) is 19.4. The van der Waals surface area contributed by atoms with Gasteiger partial charge in [-0.25, -0.2) is 0 Å². The number of phenols is 1. The maximum atomic E-state index is 10.4. The highest BCUT2D eigenvalue weighted by atomic mass is 16.5. The molecule has 26 heavy (non-hydrogen) atoms. The van der Waals surface area contributed by atoms with Crippen LogP contribution in [0.3, 0.4) is 0 Å². The number of hydrogen-bond acceptors (Lipinski definition) is 4. The van der Waals surface area contributed by atoms with E-state index in [0.717, 1.165) is 41.6 Å². The van der Waals surface area contributed by atoms with Crippen molar-refractivity contribution in [2.75, 3.05) is 6.61 Å². The molecule has 0 amide bonds. The van der Waals surface area contributed by atoms with Crippen LogP contribution >= 0.6 is 0 Å². The van der Waals surface area contributed by atoms with Crippen LogP contribution in [-0.2, 0) is 6.42 Å². The Labute approximate surface area is 154 Å². The standard InChI is InChI=1S/C21H27N3O2/c1-3-5-6-7-8-16-9-12-20(21(25)14-16)24-22-18-11-10-17(26-13-4-2)15-19(18)23-24/h9-12,14-15,25H,3-8,13H2,1-2H3. The second-order valence-corrected chi connectivity index (χ2v) is 6.62. The Morgan fingerprint density at radius 3 is 2.54 bits per heavy atom. The lowest BCUT2D eigenvalue weighted by Gasteiger charge is -2.06. The molecule has 0 saturated carbocycles. The summed E-state index contributed by atoms with van der Waals surface area (Å²) in [4.78, 5) is 1.49. The first-order chi connectivity index (χ1) is 12.7. The lowest BCUT2D eigenvalue weighted by molar-refractivity contribution is 0.318. The van der Waals surface area contributed by atoms with Crippen LogP contribution in [0.5, 0.6) is 11.5 Å². The molecule has 0 spiro atoms. The van der Waals surface area contributed by atoms with E-state index in [9.17, 15) is 5.11 Å². The maximum absolute atomic E-state index is 10.4. The molecule has 1 aromatic heterocycles. The molecular formula is C21H27N3O2. The van der Waals surface area contributed by atoms with Gasteiger partial charge in [0.25, 0.3) is 0 Å². The first-order valence-corrected chi connectivity index (χ1v) is 9.53. The highest BCUT2D eigenvalue weighted by molar-refractivity contribution is 5.75. The summed E-state index contributed by atoms with van der Waals surface area (Å²) in [5.74, 6) is 0.999. The van der Waals surface area contributed by atoms with Crippen LogP contribution in [0.4, 0.5) is 0 Å². The van der Waals surface area contributed by atoms with Gasteiger partial charge in [-0.1, -0.05) is 39.2 Å². The van der Waals surface area contributed by atoms with Crippen molar-refractivity contribution >= 4 is 11.0 Å². The number of benzene rings is 2. The zero-order valence-electron chi connectivity index (χ0n) is 15.6. The predicted octanol–water partition coefficient (Wildman–Crippen LogP) is 5.04. The van der Waals surface area contributed by atoms with Crippen molar-refractivity contribution in [1.29, 1.82) is 0 Å². The second-order valence-electron chi connectivity index (χ2n) is 6.62. The minimum Gasteiger partial charge on any atom is -0.506 e. The molecule has 0 aliphatic rings. The summed E-state index contributed by atoms with van der Waals surface area (Å²) in [5.41, 5.74) is 3.27. The largest absolute Gasteiger partial charge is 0.506 e. The number of aromatic nitrogens is 3. The third-order valence-electron chi connectivity index (χ3n) is 4.40. The number of aromatic hydroxyl groups is 1.